The highest BCUT2D eigenvalue weighted by molar-refractivity contribution is 14.0. The Balaban J connectivity index is 0.00000225. The molecule has 0 unspecified atom stereocenters. The van der Waals surface area contributed by atoms with Gasteiger partial charge in [0.2, 0.25) is 5.88 Å². The largest absolute Gasteiger partial charge is 0.477 e. The molecule has 0 aromatic carbocycles. The molecule has 6 heteroatoms. The highest BCUT2D eigenvalue weighted by Gasteiger charge is 2.22. The van der Waals surface area contributed by atoms with Gasteiger partial charge in [0.25, 0.3) is 0 Å². The van der Waals surface area contributed by atoms with Crippen LogP contribution < -0.4 is 15.4 Å². The molecule has 140 valence electrons. The van der Waals surface area contributed by atoms with E-state index in [-0.39, 0.29) is 24.0 Å². The van der Waals surface area contributed by atoms with Crippen LogP contribution in [0, 0.1) is 11.8 Å². The molecule has 2 saturated carbocycles. The summed E-state index contributed by atoms with van der Waals surface area (Å²) in [7, 11) is 1.83. The van der Waals surface area contributed by atoms with Crippen molar-refractivity contribution in [3.8, 4) is 5.88 Å². The number of nitrogens with zero attached hydrogens (tertiary/aromatic N) is 2. The van der Waals surface area contributed by atoms with Crippen molar-refractivity contribution < 1.29 is 4.74 Å². The molecule has 0 amide bonds. The summed E-state index contributed by atoms with van der Waals surface area (Å²) in [4.78, 5) is 8.65. The second-order valence-corrected chi connectivity index (χ2v) is 7.28. The fourth-order valence-electron chi connectivity index (χ4n) is 3.11. The summed E-state index contributed by atoms with van der Waals surface area (Å²) in [5.41, 5.74) is 1.16. The number of ether oxygens (including phenoxy) is 1. The van der Waals surface area contributed by atoms with E-state index < -0.39 is 0 Å². The lowest BCUT2D eigenvalue weighted by atomic mass is 9.87. The second kappa shape index (κ2) is 10.2. The number of hydrogen-bond acceptors (Lipinski definition) is 3. The molecule has 5 nitrogen and oxygen atoms in total. The van der Waals surface area contributed by atoms with Crippen molar-refractivity contribution in [3.63, 3.8) is 0 Å². The SMILES string of the molecule is CN=C(NCc1ccnc(OCC2CC2)c1)NC1CCC(C)CC1.I. The van der Waals surface area contributed by atoms with E-state index in [1.807, 2.05) is 25.4 Å². The summed E-state index contributed by atoms with van der Waals surface area (Å²) < 4.78 is 5.75. The fourth-order valence-corrected chi connectivity index (χ4v) is 3.11. The van der Waals surface area contributed by atoms with Gasteiger partial charge in [-0.05, 0) is 62.0 Å². The number of rotatable bonds is 6. The molecular weight excluding hydrogens is 427 g/mol. The number of aromatic nitrogens is 1. The molecule has 0 atom stereocenters. The average molecular weight is 458 g/mol. The third-order valence-corrected chi connectivity index (χ3v) is 5.00. The third-order valence-electron chi connectivity index (χ3n) is 5.00. The maximum Gasteiger partial charge on any atom is 0.213 e. The Morgan fingerprint density at radius 2 is 2.00 bits per heavy atom. The molecule has 2 fully saturated rings. The van der Waals surface area contributed by atoms with Gasteiger partial charge in [0.1, 0.15) is 0 Å². The monoisotopic (exact) mass is 458 g/mol. The van der Waals surface area contributed by atoms with E-state index >= 15 is 0 Å². The molecule has 0 aliphatic heterocycles. The van der Waals surface area contributed by atoms with Gasteiger partial charge in [-0.2, -0.15) is 0 Å². The van der Waals surface area contributed by atoms with E-state index in [0.29, 0.717) is 6.04 Å². The standard InChI is InChI=1S/C19H30N4O.HI/c1-14-3-7-17(8-4-14)23-19(20-2)22-12-16-9-10-21-18(11-16)24-13-15-5-6-15;/h9-11,14-15,17H,3-8,12-13H2,1-2H3,(H2,20,22,23);1H. The van der Waals surface area contributed by atoms with Crippen LogP contribution in [-0.2, 0) is 6.54 Å². The number of halogens is 1. The Kier molecular flexibility index (Phi) is 8.26. The Morgan fingerprint density at radius 1 is 1.24 bits per heavy atom. The third kappa shape index (κ3) is 6.99. The van der Waals surface area contributed by atoms with Crippen LogP contribution in [0.3, 0.4) is 0 Å². The zero-order valence-corrected chi connectivity index (χ0v) is 17.7. The topological polar surface area (TPSA) is 58.5 Å². The Morgan fingerprint density at radius 3 is 2.68 bits per heavy atom. The minimum atomic E-state index is 0. The van der Waals surface area contributed by atoms with Crippen molar-refractivity contribution in [2.24, 2.45) is 16.8 Å². The molecule has 0 radical (unpaired) electrons. The number of aliphatic imine (C=N–C) groups is 1. The van der Waals surface area contributed by atoms with Gasteiger partial charge in [0, 0.05) is 31.9 Å². The van der Waals surface area contributed by atoms with Gasteiger partial charge in [0.15, 0.2) is 5.96 Å². The highest BCUT2D eigenvalue weighted by atomic mass is 127. The number of guanidine groups is 1. The summed E-state index contributed by atoms with van der Waals surface area (Å²) >= 11 is 0. The van der Waals surface area contributed by atoms with Gasteiger partial charge in [-0.15, -0.1) is 24.0 Å². The normalized spacial score (nSPS) is 23.5. The van der Waals surface area contributed by atoms with Gasteiger partial charge >= 0.3 is 0 Å². The van der Waals surface area contributed by atoms with Gasteiger partial charge in [-0.25, -0.2) is 4.98 Å². The zero-order chi connectivity index (χ0) is 16.8. The van der Waals surface area contributed by atoms with Gasteiger partial charge in [0.05, 0.1) is 6.61 Å². The van der Waals surface area contributed by atoms with Crippen LogP contribution in [-0.4, -0.2) is 30.6 Å². The molecule has 25 heavy (non-hydrogen) atoms. The molecule has 1 aromatic heterocycles. The lowest BCUT2D eigenvalue weighted by molar-refractivity contribution is 0.288. The van der Waals surface area contributed by atoms with Gasteiger partial charge < -0.3 is 15.4 Å². The van der Waals surface area contributed by atoms with Crippen LogP contribution in [0.5, 0.6) is 5.88 Å². The van der Waals surface area contributed by atoms with E-state index in [1.165, 1.54) is 38.5 Å². The van der Waals surface area contributed by atoms with Crippen molar-refractivity contribution >= 4 is 29.9 Å². The smallest absolute Gasteiger partial charge is 0.213 e. The lowest BCUT2D eigenvalue weighted by Crippen LogP contribution is -2.44. The molecule has 3 rings (SSSR count). The molecule has 2 N–H and O–H groups in total. The number of pyridine rings is 1. The molecule has 0 bridgehead atoms. The average Bonchev–Trinajstić information content (AvgIpc) is 3.43. The minimum Gasteiger partial charge on any atom is -0.477 e. The van der Waals surface area contributed by atoms with Crippen molar-refractivity contribution in [2.45, 2.75) is 58.0 Å². The summed E-state index contributed by atoms with van der Waals surface area (Å²) in [5, 5.41) is 6.96. The van der Waals surface area contributed by atoms with E-state index in [4.69, 9.17) is 4.74 Å². The van der Waals surface area contributed by atoms with Crippen molar-refractivity contribution in [1.82, 2.24) is 15.6 Å². The van der Waals surface area contributed by atoms with Crippen LogP contribution >= 0.6 is 24.0 Å². The van der Waals surface area contributed by atoms with Gasteiger partial charge in [-0.1, -0.05) is 6.92 Å². The first-order valence-electron chi connectivity index (χ1n) is 9.28. The first-order valence-corrected chi connectivity index (χ1v) is 9.28. The first kappa shape index (κ1) is 20.3. The van der Waals surface area contributed by atoms with Crippen LogP contribution in [0.25, 0.3) is 0 Å². The molecule has 0 saturated heterocycles. The Hall–Kier alpha value is -1.05. The number of nitrogens with one attached hydrogen (secondary N) is 2. The van der Waals surface area contributed by atoms with Crippen LogP contribution in [0.1, 0.15) is 51.0 Å². The summed E-state index contributed by atoms with van der Waals surface area (Å²) in [6.45, 7) is 3.87. The van der Waals surface area contributed by atoms with E-state index in [9.17, 15) is 0 Å². The number of hydrogen-bond donors (Lipinski definition) is 2. The lowest BCUT2D eigenvalue weighted by Gasteiger charge is -2.28. The quantitative estimate of drug-likeness (QED) is 0.388. The van der Waals surface area contributed by atoms with Crippen molar-refractivity contribution in [3.05, 3.63) is 23.9 Å². The van der Waals surface area contributed by atoms with Crippen molar-refractivity contribution in [1.29, 1.82) is 0 Å². The van der Waals surface area contributed by atoms with Crippen LogP contribution in [0.4, 0.5) is 0 Å². The summed E-state index contributed by atoms with van der Waals surface area (Å²) in [5.74, 6) is 3.22. The molecular formula is C19H31IN4O. The maximum absolute atomic E-state index is 5.75. The second-order valence-electron chi connectivity index (χ2n) is 7.28. The highest BCUT2D eigenvalue weighted by Crippen LogP contribution is 2.29. The van der Waals surface area contributed by atoms with Gasteiger partial charge in [-0.3, -0.25) is 4.99 Å². The molecule has 2 aliphatic carbocycles. The summed E-state index contributed by atoms with van der Waals surface area (Å²) in [6, 6.07) is 4.58. The predicted molar refractivity (Wildman–Crippen MR) is 113 cm³/mol. The van der Waals surface area contributed by atoms with Crippen LogP contribution in [0.2, 0.25) is 0 Å². The first-order chi connectivity index (χ1) is 11.7. The molecule has 2 aliphatic rings. The molecule has 1 heterocycles. The maximum atomic E-state index is 5.75. The van der Waals surface area contributed by atoms with E-state index in [0.717, 1.165) is 42.4 Å². The Bertz CT molecular complexity index is 554. The predicted octanol–water partition coefficient (Wildman–Crippen LogP) is 3.73. The van der Waals surface area contributed by atoms with E-state index in [2.05, 4.69) is 27.5 Å². The summed E-state index contributed by atoms with van der Waals surface area (Å²) in [6.07, 6.45) is 9.48. The Labute approximate surface area is 168 Å². The van der Waals surface area contributed by atoms with Crippen molar-refractivity contribution in [2.75, 3.05) is 13.7 Å². The van der Waals surface area contributed by atoms with Crippen LogP contribution in [0.15, 0.2) is 23.3 Å². The minimum absolute atomic E-state index is 0. The zero-order valence-electron chi connectivity index (χ0n) is 15.3. The molecule has 0 spiro atoms. The fraction of sp³-hybridized carbons (Fsp3) is 0.684. The molecule has 1 aromatic rings. The van der Waals surface area contributed by atoms with E-state index in [1.54, 1.807) is 0 Å².